The molecule has 0 spiro atoms. The number of hydrogen-bond acceptors (Lipinski definition) is 4. The van der Waals surface area contributed by atoms with Gasteiger partial charge in [-0.25, -0.2) is 0 Å². The topological polar surface area (TPSA) is 75.8 Å². The van der Waals surface area contributed by atoms with E-state index in [-0.39, 0.29) is 12.5 Å². The van der Waals surface area contributed by atoms with Gasteiger partial charge in [-0.05, 0) is 38.5 Å². The number of nitrogens with zero attached hydrogens (tertiary/aromatic N) is 1. The summed E-state index contributed by atoms with van der Waals surface area (Å²) in [6.45, 7) is 6.12. The van der Waals surface area contributed by atoms with Crippen molar-refractivity contribution >= 4 is 11.6 Å². The van der Waals surface area contributed by atoms with Crippen molar-refractivity contribution in [2.45, 2.75) is 32.5 Å². The van der Waals surface area contributed by atoms with Crippen molar-refractivity contribution in [1.82, 2.24) is 0 Å². The standard InChI is InChI=1S/C14H20N2O3/c1-4-16-10-7-9(11(17)8-15)5-6-12(10)19-14(2,3)13(16)18/h5-7,11,17H,4,8,15H2,1-3H3. The number of ether oxygens (including phenoxy) is 1. The fraction of sp³-hybridized carbons (Fsp3) is 0.500. The van der Waals surface area contributed by atoms with E-state index in [0.717, 1.165) is 0 Å². The highest BCUT2D eigenvalue weighted by molar-refractivity contribution is 6.02. The van der Waals surface area contributed by atoms with Crippen LogP contribution in [0.1, 0.15) is 32.4 Å². The molecule has 1 aromatic carbocycles. The lowest BCUT2D eigenvalue weighted by Crippen LogP contribution is -2.52. The number of carbonyl (C=O) groups excluding carboxylic acids is 1. The first kappa shape index (κ1) is 13.8. The van der Waals surface area contributed by atoms with E-state index in [1.54, 1.807) is 36.9 Å². The van der Waals surface area contributed by atoms with E-state index in [2.05, 4.69) is 0 Å². The average Bonchev–Trinajstić information content (AvgIpc) is 2.38. The van der Waals surface area contributed by atoms with Crippen molar-refractivity contribution in [3.05, 3.63) is 23.8 Å². The molecule has 1 heterocycles. The average molecular weight is 264 g/mol. The number of aliphatic hydroxyl groups is 1. The second-order valence-electron chi connectivity index (χ2n) is 5.14. The number of fused-ring (bicyclic) bond motifs is 1. The molecule has 0 aliphatic carbocycles. The minimum absolute atomic E-state index is 0.0816. The van der Waals surface area contributed by atoms with Crippen LogP contribution in [-0.2, 0) is 4.79 Å². The first-order chi connectivity index (χ1) is 8.90. The highest BCUT2D eigenvalue weighted by atomic mass is 16.5. The largest absolute Gasteiger partial charge is 0.476 e. The zero-order valence-electron chi connectivity index (χ0n) is 11.5. The molecule has 1 aliphatic heterocycles. The summed E-state index contributed by atoms with van der Waals surface area (Å²) in [7, 11) is 0. The fourth-order valence-corrected chi connectivity index (χ4v) is 2.24. The van der Waals surface area contributed by atoms with Gasteiger partial charge in [0.05, 0.1) is 11.8 Å². The minimum atomic E-state index is -0.864. The Kier molecular flexibility index (Phi) is 3.52. The molecule has 5 heteroatoms. The number of anilines is 1. The van der Waals surface area contributed by atoms with E-state index in [1.165, 1.54) is 0 Å². The van der Waals surface area contributed by atoms with Crippen molar-refractivity contribution in [1.29, 1.82) is 0 Å². The third kappa shape index (κ3) is 2.31. The third-order valence-electron chi connectivity index (χ3n) is 3.32. The Morgan fingerprint density at radius 3 is 2.74 bits per heavy atom. The second kappa shape index (κ2) is 4.83. The van der Waals surface area contributed by atoms with Crippen LogP contribution in [0.3, 0.4) is 0 Å². The van der Waals surface area contributed by atoms with E-state index in [1.807, 2.05) is 6.92 Å². The predicted octanol–water partition coefficient (Wildman–Crippen LogP) is 1.20. The minimum Gasteiger partial charge on any atom is -0.476 e. The Hall–Kier alpha value is -1.59. The number of nitrogens with two attached hydrogens (primary N) is 1. The quantitative estimate of drug-likeness (QED) is 0.860. The normalized spacial score (nSPS) is 18.8. The summed E-state index contributed by atoms with van der Waals surface area (Å²) >= 11 is 0. The molecule has 1 atom stereocenters. The number of aliphatic hydroxyl groups excluding tert-OH is 1. The summed E-state index contributed by atoms with van der Waals surface area (Å²) in [6, 6.07) is 5.32. The van der Waals surface area contributed by atoms with Crippen LogP contribution in [0.5, 0.6) is 5.75 Å². The molecule has 19 heavy (non-hydrogen) atoms. The van der Waals surface area contributed by atoms with Crippen LogP contribution >= 0.6 is 0 Å². The summed E-state index contributed by atoms with van der Waals surface area (Å²) in [4.78, 5) is 14.0. The van der Waals surface area contributed by atoms with Gasteiger partial charge in [0.25, 0.3) is 5.91 Å². The van der Waals surface area contributed by atoms with E-state index >= 15 is 0 Å². The lowest BCUT2D eigenvalue weighted by molar-refractivity contribution is -0.132. The first-order valence-corrected chi connectivity index (χ1v) is 6.43. The number of amides is 1. The van der Waals surface area contributed by atoms with Gasteiger partial charge in [-0.3, -0.25) is 4.79 Å². The molecule has 0 saturated carbocycles. The molecule has 1 unspecified atom stereocenters. The number of rotatable bonds is 3. The lowest BCUT2D eigenvalue weighted by Gasteiger charge is -2.38. The monoisotopic (exact) mass is 264 g/mol. The highest BCUT2D eigenvalue weighted by Gasteiger charge is 2.40. The van der Waals surface area contributed by atoms with Crippen molar-refractivity contribution in [3.63, 3.8) is 0 Å². The van der Waals surface area contributed by atoms with E-state index in [9.17, 15) is 9.90 Å². The second-order valence-corrected chi connectivity index (χ2v) is 5.14. The van der Waals surface area contributed by atoms with Crippen molar-refractivity contribution < 1.29 is 14.6 Å². The number of hydrogen-bond donors (Lipinski definition) is 2. The Balaban J connectivity index is 2.49. The molecule has 1 aromatic rings. The summed E-state index contributed by atoms with van der Waals surface area (Å²) in [5.41, 5.74) is 5.97. The van der Waals surface area contributed by atoms with Gasteiger partial charge >= 0.3 is 0 Å². The van der Waals surface area contributed by atoms with Crippen molar-refractivity contribution in [3.8, 4) is 5.75 Å². The third-order valence-corrected chi connectivity index (χ3v) is 3.32. The molecular formula is C14H20N2O3. The van der Waals surface area contributed by atoms with Crippen LogP contribution in [0.15, 0.2) is 18.2 Å². The molecule has 3 N–H and O–H groups in total. The Labute approximate surface area is 113 Å². The molecule has 2 rings (SSSR count). The van der Waals surface area contributed by atoms with Crippen molar-refractivity contribution in [2.24, 2.45) is 5.73 Å². The van der Waals surface area contributed by atoms with Crippen LogP contribution < -0.4 is 15.4 Å². The SMILES string of the molecule is CCN1C(=O)C(C)(C)Oc2ccc(C(O)CN)cc21. The zero-order chi connectivity index (χ0) is 14.2. The Morgan fingerprint density at radius 1 is 1.47 bits per heavy atom. The molecule has 0 saturated heterocycles. The predicted molar refractivity (Wildman–Crippen MR) is 73.2 cm³/mol. The van der Waals surface area contributed by atoms with Crippen LogP contribution in [0.2, 0.25) is 0 Å². The Morgan fingerprint density at radius 2 is 2.16 bits per heavy atom. The van der Waals surface area contributed by atoms with Gasteiger partial charge in [0.2, 0.25) is 0 Å². The number of carbonyl (C=O) groups is 1. The summed E-state index contributed by atoms with van der Waals surface area (Å²) < 4.78 is 5.73. The van der Waals surface area contributed by atoms with Gasteiger partial charge in [0.1, 0.15) is 5.75 Å². The van der Waals surface area contributed by atoms with Gasteiger partial charge in [0, 0.05) is 13.1 Å². The molecular weight excluding hydrogens is 244 g/mol. The van der Waals surface area contributed by atoms with Gasteiger partial charge in [-0.15, -0.1) is 0 Å². The summed E-state index contributed by atoms with van der Waals surface area (Å²) in [6.07, 6.45) is -0.728. The first-order valence-electron chi connectivity index (χ1n) is 6.43. The molecule has 1 aliphatic rings. The lowest BCUT2D eigenvalue weighted by atomic mass is 10.0. The van der Waals surface area contributed by atoms with Crippen LogP contribution in [0.25, 0.3) is 0 Å². The molecule has 0 radical (unpaired) electrons. The molecule has 0 aromatic heterocycles. The number of likely N-dealkylation sites (N-methyl/N-ethyl adjacent to an activating group) is 1. The Bertz CT molecular complexity index is 499. The van der Waals surface area contributed by atoms with E-state index in [0.29, 0.717) is 23.5 Å². The molecule has 104 valence electrons. The molecule has 5 nitrogen and oxygen atoms in total. The van der Waals surface area contributed by atoms with Crippen LogP contribution in [0.4, 0.5) is 5.69 Å². The van der Waals surface area contributed by atoms with Crippen molar-refractivity contribution in [2.75, 3.05) is 18.0 Å². The molecule has 0 bridgehead atoms. The maximum Gasteiger partial charge on any atom is 0.270 e. The number of benzene rings is 1. The van der Waals surface area contributed by atoms with Crippen LogP contribution in [-0.4, -0.2) is 29.7 Å². The summed E-state index contributed by atoms with van der Waals surface area (Å²) in [5, 5.41) is 9.79. The zero-order valence-corrected chi connectivity index (χ0v) is 11.5. The maximum atomic E-state index is 12.3. The van der Waals surface area contributed by atoms with Gasteiger partial charge in [0.15, 0.2) is 5.60 Å². The van der Waals surface area contributed by atoms with Gasteiger partial charge in [-0.1, -0.05) is 6.07 Å². The summed E-state index contributed by atoms with van der Waals surface area (Å²) in [5.74, 6) is 0.571. The highest BCUT2D eigenvalue weighted by Crippen LogP contribution is 2.39. The fourth-order valence-electron chi connectivity index (χ4n) is 2.24. The smallest absolute Gasteiger partial charge is 0.270 e. The molecule has 1 amide bonds. The van der Waals surface area contributed by atoms with Gasteiger partial charge in [-0.2, -0.15) is 0 Å². The molecule has 0 fully saturated rings. The van der Waals surface area contributed by atoms with E-state index < -0.39 is 11.7 Å². The van der Waals surface area contributed by atoms with E-state index in [4.69, 9.17) is 10.5 Å². The van der Waals surface area contributed by atoms with Crippen LogP contribution in [0, 0.1) is 0 Å². The maximum absolute atomic E-state index is 12.3. The van der Waals surface area contributed by atoms with Gasteiger partial charge < -0.3 is 20.5 Å².